The van der Waals surface area contributed by atoms with Gasteiger partial charge in [0.1, 0.15) is 0 Å². The second-order valence-corrected chi connectivity index (χ2v) is 12.9. The van der Waals surface area contributed by atoms with E-state index in [1.165, 1.54) is 87.6 Å². The van der Waals surface area contributed by atoms with Crippen LogP contribution in [0.1, 0.15) is 49.9 Å². The first kappa shape index (κ1) is 22.4. The Kier molecular flexibility index (Phi) is 4.03. The van der Waals surface area contributed by atoms with Gasteiger partial charge in [0.05, 0.1) is 0 Å². The lowest BCUT2D eigenvalue weighted by atomic mass is 9.72. The van der Waals surface area contributed by atoms with E-state index in [1.807, 2.05) is 0 Å². The SMILES string of the molecule is CC1(C)c2cc3c4ccccc4c4ccccc4c3cc2-c2ccc3c(c21)C(C)(C)c1ccc2ccccc2c1-3. The highest BCUT2D eigenvalue weighted by Gasteiger charge is 2.46. The number of hydrogen-bond acceptors (Lipinski definition) is 0. The van der Waals surface area contributed by atoms with E-state index < -0.39 is 0 Å². The fraction of sp³-hybridized carbons (Fsp3) is 0.150. The summed E-state index contributed by atoms with van der Waals surface area (Å²) in [7, 11) is 0. The zero-order valence-corrected chi connectivity index (χ0v) is 23.4. The third-order valence-corrected chi connectivity index (χ3v) is 10.2. The third kappa shape index (κ3) is 2.53. The summed E-state index contributed by atoms with van der Waals surface area (Å²) in [6.07, 6.45) is 0. The summed E-state index contributed by atoms with van der Waals surface area (Å²) >= 11 is 0. The van der Waals surface area contributed by atoms with Gasteiger partial charge in [-0.25, -0.2) is 0 Å². The predicted octanol–water partition coefficient (Wildman–Crippen LogP) is 10.9. The summed E-state index contributed by atoms with van der Waals surface area (Å²) in [5.41, 5.74) is 11.4. The van der Waals surface area contributed by atoms with Gasteiger partial charge in [0.2, 0.25) is 0 Å². The summed E-state index contributed by atoms with van der Waals surface area (Å²) in [4.78, 5) is 0. The minimum atomic E-state index is -0.105. The molecule has 0 aliphatic heterocycles. The van der Waals surface area contributed by atoms with Crippen molar-refractivity contribution in [1.29, 1.82) is 0 Å². The molecule has 0 heterocycles. The van der Waals surface area contributed by atoms with E-state index in [-0.39, 0.29) is 10.8 Å². The summed E-state index contributed by atoms with van der Waals surface area (Å²) in [6.45, 7) is 9.76. The second kappa shape index (κ2) is 7.20. The van der Waals surface area contributed by atoms with E-state index in [0.29, 0.717) is 0 Å². The molecule has 0 nitrogen and oxygen atoms in total. The third-order valence-electron chi connectivity index (χ3n) is 10.2. The van der Waals surface area contributed by atoms with Gasteiger partial charge in [-0.3, -0.25) is 0 Å². The molecule has 40 heavy (non-hydrogen) atoms. The molecule has 0 atom stereocenters. The molecule has 0 heteroatoms. The molecule has 7 aromatic rings. The van der Waals surface area contributed by atoms with Crippen molar-refractivity contribution in [3.8, 4) is 22.3 Å². The van der Waals surface area contributed by atoms with Crippen molar-refractivity contribution in [3.05, 3.63) is 131 Å². The molecule has 0 spiro atoms. The molecule has 0 aromatic heterocycles. The molecule has 2 aliphatic rings. The Morgan fingerprint density at radius 2 is 0.875 bits per heavy atom. The molecular weight excluding hydrogens is 480 g/mol. The van der Waals surface area contributed by atoms with Crippen LogP contribution in [0, 0.1) is 0 Å². The van der Waals surface area contributed by atoms with Gasteiger partial charge < -0.3 is 0 Å². The highest BCUT2D eigenvalue weighted by molar-refractivity contribution is 6.26. The predicted molar refractivity (Wildman–Crippen MR) is 172 cm³/mol. The molecular formula is C40H30. The van der Waals surface area contributed by atoms with E-state index >= 15 is 0 Å². The van der Waals surface area contributed by atoms with Crippen molar-refractivity contribution >= 4 is 43.1 Å². The molecule has 0 N–H and O–H groups in total. The quantitative estimate of drug-likeness (QED) is 0.178. The Morgan fingerprint density at radius 1 is 0.375 bits per heavy atom. The van der Waals surface area contributed by atoms with Gasteiger partial charge in [0.15, 0.2) is 0 Å². The van der Waals surface area contributed by atoms with E-state index in [9.17, 15) is 0 Å². The maximum absolute atomic E-state index is 2.52. The first-order chi connectivity index (χ1) is 19.4. The summed E-state index contributed by atoms with van der Waals surface area (Å²) < 4.78 is 0. The normalized spacial score (nSPS) is 15.9. The van der Waals surface area contributed by atoms with Crippen LogP contribution in [-0.2, 0) is 10.8 Å². The van der Waals surface area contributed by atoms with Crippen LogP contribution in [0.5, 0.6) is 0 Å². The fourth-order valence-corrected chi connectivity index (χ4v) is 8.38. The lowest BCUT2D eigenvalue weighted by Gasteiger charge is -2.30. The van der Waals surface area contributed by atoms with Crippen LogP contribution in [0.25, 0.3) is 65.3 Å². The maximum atomic E-state index is 2.52. The summed E-state index contributed by atoms with van der Waals surface area (Å²) in [5.74, 6) is 0. The zero-order valence-electron chi connectivity index (χ0n) is 23.4. The van der Waals surface area contributed by atoms with Crippen molar-refractivity contribution < 1.29 is 0 Å². The van der Waals surface area contributed by atoms with Crippen molar-refractivity contribution in [2.24, 2.45) is 0 Å². The van der Waals surface area contributed by atoms with Crippen LogP contribution in [0.2, 0.25) is 0 Å². The monoisotopic (exact) mass is 510 g/mol. The van der Waals surface area contributed by atoms with Gasteiger partial charge in [-0.15, -0.1) is 0 Å². The van der Waals surface area contributed by atoms with Gasteiger partial charge in [-0.2, -0.15) is 0 Å². The number of hydrogen-bond donors (Lipinski definition) is 0. The van der Waals surface area contributed by atoms with Crippen molar-refractivity contribution in [1.82, 2.24) is 0 Å². The molecule has 0 saturated heterocycles. The topological polar surface area (TPSA) is 0 Å². The Bertz CT molecular complexity index is 2260. The average molecular weight is 511 g/mol. The highest BCUT2D eigenvalue weighted by atomic mass is 14.5. The number of rotatable bonds is 0. The lowest BCUT2D eigenvalue weighted by molar-refractivity contribution is 0.601. The van der Waals surface area contributed by atoms with Crippen molar-refractivity contribution in [3.63, 3.8) is 0 Å². The lowest BCUT2D eigenvalue weighted by Crippen LogP contribution is -2.24. The molecule has 190 valence electrons. The second-order valence-electron chi connectivity index (χ2n) is 12.9. The standard InChI is InChI=1S/C40H30/c1-39(2)34-20-17-23-11-5-6-12-24(23)36(34)30-19-18-29-33-21-31-27-15-9-7-13-25(27)26-14-8-10-16-28(26)32(31)22-35(33)40(3,4)37(29)38(30)39/h5-22H,1-4H3. The van der Waals surface area contributed by atoms with E-state index in [4.69, 9.17) is 0 Å². The summed E-state index contributed by atoms with van der Waals surface area (Å²) in [5, 5.41) is 10.7. The van der Waals surface area contributed by atoms with Gasteiger partial charge in [0.25, 0.3) is 0 Å². The van der Waals surface area contributed by atoms with Crippen LogP contribution in [0.3, 0.4) is 0 Å². The van der Waals surface area contributed by atoms with Gasteiger partial charge >= 0.3 is 0 Å². The van der Waals surface area contributed by atoms with Crippen LogP contribution < -0.4 is 0 Å². The molecule has 0 saturated carbocycles. The molecule has 7 aromatic carbocycles. The molecule has 0 amide bonds. The number of fused-ring (bicyclic) bond motifs is 15. The first-order valence-corrected chi connectivity index (χ1v) is 14.5. The minimum absolute atomic E-state index is 0.0713. The van der Waals surface area contributed by atoms with E-state index in [2.05, 4.69) is 137 Å². The maximum Gasteiger partial charge on any atom is 0.0162 e. The Hall–Kier alpha value is -4.42. The molecule has 0 fully saturated rings. The van der Waals surface area contributed by atoms with Gasteiger partial charge in [-0.1, -0.05) is 125 Å². The van der Waals surface area contributed by atoms with Crippen LogP contribution >= 0.6 is 0 Å². The Balaban J connectivity index is 1.41. The highest BCUT2D eigenvalue weighted by Crippen LogP contribution is 2.60. The fourth-order valence-electron chi connectivity index (χ4n) is 8.38. The zero-order chi connectivity index (χ0) is 27.0. The molecule has 0 bridgehead atoms. The average Bonchev–Trinajstić information content (AvgIpc) is 3.35. The molecule has 9 rings (SSSR count). The Morgan fingerprint density at radius 3 is 1.55 bits per heavy atom. The first-order valence-electron chi connectivity index (χ1n) is 14.5. The van der Waals surface area contributed by atoms with Crippen molar-refractivity contribution in [2.75, 3.05) is 0 Å². The van der Waals surface area contributed by atoms with E-state index in [1.54, 1.807) is 0 Å². The molecule has 0 radical (unpaired) electrons. The van der Waals surface area contributed by atoms with Crippen molar-refractivity contribution in [2.45, 2.75) is 38.5 Å². The smallest absolute Gasteiger partial charge is 0.0162 e. The van der Waals surface area contributed by atoms with E-state index in [0.717, 1.165) is 0 Å². The largest absolute Gasteiger partial charge is 0.0616 e. The minimum Gasteiger partial charge on any atom is -0.0616 e. The van der Waals surface area contributed by atoms with Crippen LogP contribution in [0.4, 0.5) is 0 Å². The van der Waals surface area contributed by atoms with Gasteiger partial charge in [0, 0.05) is 10.8 Å². The summed E-state index contributed by atoms with van der Waals surface area (Å²) in [6, 6.07) is 41.3. The van der Waals surface area contributed by atoms with Gasteiger partial charge in [-0.05, 0) is 99.7 Å². The number of benzene rings is 7. The molecule has 2 aliphatic carbocycles. The molecule has 0 unspecified atom stereocenters. The Labute approximate surface area is 234 Å². The van der Waals surface area contributed by atoms with Crippen LogP contribution in [-0.4, -0.2) is 0 Å². The van der Waals surface area contributed by atoms with Crippen LogP contribution in [0.15, 0.2) is 109 Å².